The fourth-order valence-electron chi connectivity index (χ4n) is 2.47. The molecule has 5 heteroatoms. The fourth-order valence-corrected chi connectivity index (χ4v) is 2.47. The maximum absolute atomic E-state index is 12.2. The van der Waals surface area contributed by atoms with Crippen molar-refractivity contribution in [2.45, 2.75) is 40.2 Å². The molecular weight excluding hydrogens is 266 g/mol. The summed E-state index contributed by atoms with van der Waals surface area (Å²) in [5.41, 5.74) is 2.00. The minimum absolute atomic E-state index is 0.0943. The van der Waals surface area contributed by atoms with Gasteiger partial charge in [0, 0.05) is 25.4 Å². The minimum atomic E-state index is -0.0943. The summed E-state index contributed by atoms with van der Waals surface area (Å²) >= 11 is 0. The van der Waals surface area contributed by atoms with E-state index in [1.165, 1.54) is 0 Å². The monoisotopic (exact) mass is 291 g/mol. The molecule has 5 nitrogen and oxygen atoms in total. The lowest BCUT2D eigenvalue weighted by molar-refractivity contribution is 0.0440. The molecule has 21 heavy (non-hydrogen) atoms. The Morgan fingerprint density at radius 3 is 2.90 bits per heavy atom. The van der Waals surface area contributed by atoms with Crippen molar-refractivity contribution in [1.29, 1.82) is 0 Å². The Morgan fingerprint density at radius 1 is 1.48 bits per heavy atom. The second-order valence-corrected chi connectivity index (χ2v) is 6.19. The number of aryl methyl sites for hydroxylation is 2. The van der Waals surface area contributed by atoms with Gasteiger partial charge >= 0.3 is 6.03 Å². The number of urea groups is 1. The highest BCUT2D eigenvalue weighted by atomic mass is 16.5. The van der Waals surface area contributed by atoms with Crippen LogP contribution in [0.3, 0.4) is 0 Å². The predicted octanol–water partition coefficient (Wildman–Crippen LogP) is 2.98. The van der Waals surface area contributed by atoms with Crippen LogP contribution in [0.4, 0.5) is 10.6 Å². The highest BCUT2D eigenvalue weighted by molar-refractivity contribution is 5.88. The summed E-state index contributed by atoms with van der Waals surface area (Å²) in [4.78, 5) is 18.4. The number of ether oxygens (including phenoxy) is 1. The lowest BCUT2D eigenvalue weighted by Crippen LogP contribution is -2.34. The van der Waals surface area contributed by atoms with E-state index in [1.807, 2.05) is 26.0 Å². The van der Waals surface area contributed by atoms with E-state index in [2.05, 4.69) is 24.1 Å². The molecule has 0 saturated carbocycles. The standard InChI is InChI=1S/C16H25N3O2/c1-11(2)10-21-14-5-6-19(9-14)16(20)18-15-8-12(3)7-13(4)17-15/h7-8,11,14H,5-6,9-10H2,1-4H3,(H,17,18,20)/t14-/m0/s1. The predicted molar refractivity (Wildman–Crippen MR) is 83.5 cm³/mol. The number of anilines is 1. The van der Waals surface area contributed by atoms with E-state index in [0.29, 0.717) is 18.3 Å². The molecule has 0 radical (unpaired) electrons. The third-order valence-corrected chi connectivity index (χ3v) is 3.43. The Balaban J connectivity index is 1.87. The summed E-state index contributed by atoms with van der Waals surface area (Å²) in [5.74, 6) is 1.14. The molecule has 2 amide bonds. The van der Waals surface area contributed by atoms with Crippen LogP contribution in [0.15, 0.2) is 12.1 Å². The van der Waals surface area contributed by atoms with Crippen LogP contribution < -0.4 is 5.32 Å². The number of nitrogens with one attached hydrogen (secondary N) is 1. The average molecular weight is 291 g/mol. The Labute approximate surface area is 126 Å². The third-order valence-electron chi connectivity index (χ3n) is 3.43. The topological polar surface area (TPSA) is 54.5 Å². The van der Waals surface area contributed by atoms with Gasteiger partial charge in [0.2, 0.25) is 0 Å². The molecular formula is C16H25N3O2. The first-order valence-electron chi connectivity index (χ1n) is 7.57. The lowest BCUT2D eigenvalue weighted by Gasteiger charge is -2.18. The van der Waals surface area contributed by atoms with Crippen LogP contribution in [0.25, 0.3) is 0 Å². The number of likely N-dealkylation sites (tertiary alicyclic amines) is 1. The summed E-state index contributed by atoms with van der Waals surface area (Å²) in [7, 11) is 0. The van der Waals surface area contributed by atoms with Gasteiger partial charge in [-0.25, -0.2) is 9.78 Å². The van der Waals surface area contributed by atoms with Gasteiger partial charge < -0.3 is 9.64 Å². The molecule has 0 aromatic carbocycles. The van der Waals surface area contributed by atoms with E-state index in [4.69, 9.17) is 4.74 Å². The molecule has 1 aromatic heterocycles. The number of carbonyl (C=O) groups is 1. The Morgan fingerprint density at radius 2 is 2.24 bits per heavy atom. The second-order valence-electron chi connectivity index (χ2n) is 6.19. The van der Waals surface area contributed by atoms with Gasteiger partial charge in [-0.2, -0.15) is 0 Å². The quantitative estimate of drug-likeness (QED) is 0.928. The number of nitrogens with zero attached hydrogens (tertiary/aromatic N) is 2. The molecule has 2 heterocycles. The molecule has 0 aliphatic carbocycles. The van der Waals surface area contributed by atoms with E-state index < -0.39 is 0 Å². The van der Waals surface area contributed by atoms with E-state index >= 15 is 0 Å². The Hall–Kier alpha value is -1.62. The summed E-state index contributed by atoms with van der Waals surface area (Å²) in [5, 5.41) is 2.87. The van der Waals surface area contributed by atoms with E-state index in [1.54, 1.807) is 4.90 Å². The zero-order valence-corrected chi connectivity index (χ0v) is 13.3. The first kappa shape index (κ1) is 15.8. The van der Waals surface area contributed by atoms with Crippen LogP contribution in [-0.2, 0) is 4.74 Å². The highest BCUT2D eigenvalue weighted by Gasteiger charge is 2.27. The average Bonchev–Trinajstić information content (AvgIpc) is 2.83. The third kappa shape index (κ3) is 4.70. The van der Waals surface area contributed by atoms with E-state index in [-0.39, 0.29) is 12.1 Å². The van der Waals surface area contributed by atoms with Crippen molar-refractivity contribution >= 4 is 11.8 Å². The van der Waals surface area contributed by atoms with Crippen molar-refractivity contribution in [3.8, 4) is 0 Å². The van der Waals surface area contributed by atoms with Crippen molar-refractivity contribution in [1.82, 2.24) is 9.88 Å². The van der Waals surface area contributed by atoms with Crippen LogP contribution >= 0.6 is 0 Å². The van der Waals surface area contributed by atoms with Gasteiger partial charge in [0.1, 0.15) is 5.82 Å². The number of hydrogen-bond acceptors (Lipinski definition) is 3. The van der Waals surface area contributed by atoms with Crippen LogP contribution in [0, 0.1) is 19.8 Å². The zero-order valence-electron chi connectivity index (χ0n) is 13.3. The molecule has 2 rings (SSSR count). The molecule has 1 aliphatic heterocycles. The van der Waals surface area contributed by atoms with Crippen molar-refractivity contribution in [3.05, 3.63) is 23.4 Å². The molecule has 1 aliphatic rings. The van der Waals surface area contributed by atoms with Crippen LogP contribution in [-0.4, -0.2) is 41.7 Å². The van der Waals surface area contributed by atoms with Crippen molar-refractivity contribution in [3.63, 3.8) is 0 Å². The largest absolute Gasteiger partial charge is 0.376 e. The van der Waals surface area contributed by atoms with Crippen molar-refractivity contribution in [2.75, 3.05) is 25.0 Å². The maximum Gasteiger partial charge on any atom is 0.323 e. The molecule has 1 aromatic rings. The van der Waals surface area contributed by atoms with Gasteiger partial charge in [0.25, 0.3) is 0 Å². The summed E-state index contributed by atoms with van der Waals surface area (Å²) < 4.78 is 5.80. The Kier molecular flexibility index (Phi) is 5.17. The molecule has 1 atom stereocenters. The maximum atomic E-state index is 12.2. The summed E-state index contributed by atoms with van der Waals surface area (Å²) in [6.07, 6.45) is 1.06. The zero-order chi connectivity index (χ0) is 15.4. The van der Waals surface area contributed by atoms with Gasteiger partial charge in [-0.3, -0.25) is 5.32 Å². The number of rotatable bonds is 4. The number of pyridine rings is 1. The number of hydrogen-bond donors (Lipinski definition) is 1. The smallest absolute Gasteiger partial charge is 0.323 e. The van der Waals surface area contributed by atoms with Crippen molar-refractivity contribution < 1.29 is 9.53 Å². The molecule has 1 N–H and O–H groups in total. The normalized spacial score (nSPS) is 18.3. The molecule has 0 spiro atoms. The van der Waals surface area contributed by atoms with Crippen molar-refractivity contribution in [2.24, 2.45) is 5.92 Å². The molecule has 0 unspecified atom stereocenters. The number of aromatic nitrogens is 1. The molecule has 0 bridgehead atoms. The second kappa shape index (κ2) is 6.89. The number of carbonyl (C=O) groups excluding carboxylic acids is 1. The van der Waals surface area contributed by atoms with Gasteiger partial charge in [-0.05, 0) is 43.9 Å². The molecule has 1 saturated heterocycles. The minimum Gasteiger partial charge on any atom is -0.376 e. The lowest BCUT2D eigenvalue weighted by atomic mass is 10.2. The fraction of sp³-hybridized carbons (Fsp3) is 0.625. The number of amides is 2. The van der Waals surface area contributed by atoms with Gasteiger partial charge in [0.15, 0.2) is 0 Å². The van der Waals surface area contributed by atoms with E-state index in [0.717, 1.165) is 30.8 Å². The SMILES string of the molecule is Cc1cc(C)nc(NC(=O)N2CC[C@H](OCC(C)C)C2)c1. The first-order chi connectivity index (χ1) is 9.94. The first-order valence-corrected chi connectivity index (χ1v) is 7.57. The van der Waals surface area contributed by atoms with Gasteiger partial charge in [-0.1, -0.05) is 13.8 Å². The van der Waals surface area contributed by atoms with Crippen LogP contribution in [0.5, 0.6) is 0 Å². The molecule has 116 valence electrons. The Bertz CT molecular complexity index is 482. The van der Waals surface area contributed by atoms with E-state index in [9.17, 15) is 4.79 Å². The summed E-state index contributed by atoms with van der Waals surface area (Å²) in [6, 6.07) is 3.78. The van der Waals surface area contributed by atoms with Gasteiger partial charge in [-0.15, -0.1) is 0 Å². The van der Waals surface area contributed by atoms with Crippen LogP contribution in [0.2, 0.25) is 0 Å². The summed E-state index contributed by atoms with van der Waals surface area (Å²) in [6.45, 7) is 10.3. The van der Waals surface area contributed by atoms with Crippen LogP contribution in [0.1, 0.15) is 31.5 Å². The highest BCUT2D eigenvalue weighted by Crippen LogP contribution is 2.16. The van der Waals surface area contributed by atoms with Gasteiger partial charge in [0.05, 0.1) is 6.10 Å². The molecule has 1 fully saturated rings.